The van der Waals surface area contributed by atoms with Crippen molar-refractivity contribution >= 4 is 11.8 Å². The van der Waals surface area contributed by atoms with E-state index in [4.69, 9.17) is 5.73 Å². The van der Waals surface area contributed by atoms with Crippen LogP contribution in [0.25, 0.3) is 0 Å². The molecular formula is C12H27N3S. The van der Waals surface area contributed by atoms with Crippen LogP contribution in [-0.4, -0.2) is 66.6 Å². The fourth-order valence-corrected chi connectivity index (χ4v) is 3.21. The summed E-state index contributed by atoms with van der Waals surface area (Å²) in [5.41, 5.74) is 5.92. The molecule has 0 aliphatic carbocycles. The summed E-state index contributed by atoms with van der Waals surface area (Å²) >= 11 is 2.02. The van der Waals surface area contributed by atoms with Crippen molar-refractivity contribution in [3.05, 3.63) is 0 Å². The highest BCUT2D eigenvalue weighted by molar-refractivity contribution is 7.99. The minimum Gasteiger partial charge on any atom is -0.329 e. The molecule has 0 aromatic heterocycles. The van der Waals surface area contributed by atoms with E-state index in [-0.39, 0.29) is 0 Å². The van der Waals surface area contributed by atoms with Crippen LogP contribution in [0.2, 0.25) is 0 Å². The Labute approximate surface area is 105 Å². The number of rotatable bonds is 6. The van der Waals surface area contributed by atoms with E-state index in [2.05, 4.69) is 30.7 Å². The maximum absolute atomic E-state index is 5.92. The van der Waals surface area contributed by atoms with E-state index < -0.39 is 0 Å². The Morgan fingerprint density at radius 3 is 2.75 bits per heavy atom. The van der Waals surface area contributed by atoms with Gasteiger partial charge in [0.1, 0.15) is 0 Å². The number of thioether (sulfide) groups is 1. The molecule has 4 heteroatoms. The lowest BCUT2D eigenvalue weighted by Gasteiger charge is -2.42. The van der Waals surface area contributed by atoms with E-state index >= 15 is 0 Å². The van der Waals surface area contributed by atoms with Crippen LogP contribution in [0.3, 0.4) is 0 Å². The van der Waals surface area contributed by atoms with Gasteiger partial charge in [-0.3, -0.25) is 4.90 Å². The highest BCUT2D eigenvalue weighted by Gasteiger charge is 2.26. The first-order valence-electron chi connectivity index (χ1n) is 6.41. The average molecular weight is 245 g/mol. The third kappa shape index (κ3) is 4.24. The monoisotopic (exact) mass is 245 g/mol. The Morgan fingerprint density at radius 1 is 1.44 bits per heavy atom. The van der Waals surface area contributed by atoms with Gasteiger partial charge in [-0.1, -0.05) is 6.92 Å². The number of hydrogen-bond acceptors (Lipinski definition) is 4. The molecule has 1 saturated heterocycles. The Morgan fingerprint density at radius 2 is 2.19 bits per heavy atom. The van der Waals surface area contributed by atoms with Gasteiger partial charge in [0.15, 0.2) is 0 Å². The Balaban J connectivity index is 2.39. The van der Waals surface area contributed by atoms with Gasteiger partial charge < -0.3 is 10.6 Å². The second-order valence-corrected chi connectivity index (χ2v) is 6.12. The zero-order valence-corrected chi connectivity index (χ0v) is 11.8. The van der Waals surface area contributed by atoms with Crippen LogP contribution in [-0.2, 0) is 0 Å². The normalized spacial score (nSPS) is 25.9. The summed E-state index contributed by atoms with van der Waals surface area (Å²) in [5.74, 6) is 2.47. The predicted octanol–water partition coefficient (Wildman–Crippen LogP) is 1.09. The molecule has 2 N–H and O–H groups in total. The number of nitrogens with two attached hydrogens (primary N) is 1. The molecule has 16 heavy (non-hydrogen) atoms. The molecule has 0 radical (unpaired) electrons. The molecule has 0 aromatic carbocycles. The fourth-order valence-electron chi connectivity index (χ4n) is 2.48. The van der Waals surface area contributed by atoms with Gasteiger partial charge in [-0.05, 0) is 31.9 Å². The molecule has 0 aromatic rings. The molecule has 3 nitrogen and oxygen atoms in total. The molecule has 1 heterocycles. The lowest BCUT2D eigenvalue weighted by Crippen LogP contribution is -2.56. The van der Waals surface area contributed by atoms with Crippen molar-refractivity contribution in [3.8, 4) is 0 Å². The molecule has 96 valence electrons. The first kappa shape index (κ1) is 14.3. The maximum atomic E-state index is 5.92. The predicted molar refractivity (Wildman–Crippen MR) is 74.1 cm³/mol. The summed E-state index contributed by atoms with van der Waals surface area (Å²) in [6.07, 6.45) is 1.24. The lowest BCUT2D eigenvalue weighted by atomic mass is 10.1. The Hall–Kier alpha value is 0.230. The maximum Gasteiger partial charge on any atom is 0.0230 e. The average Bonchev–Trinajstić information content (AvgIpc) is 2.26. The van der Waals surface area contributed by atoms with Crippen molar-refractivity contribution in [1.82, 2.24) is 9.80 Å². The van der Waals surface area contributed by atoms with E-state index in [0.717, 1.165) is 6.54 Å². The fraction of sp³-hybridized carbons (Fsp3) is 1.00. The summed E-state index contributed by atoms with van der Waals surface area (Å²) in [6, 6.07) is 1.24. The van der Waals surface area contributed by atoms with Crippen molar-refractivity contribution in [2.75, 3.05) is 44.7 Å². The topological polar surface area (TPSA) is 32.5 Å². The zero-order chi connectivity index (χ0) is 12.0. The third-order valence-electron chi connectivity index (χ3n) is 3.42. The molecule has 0 spiro atoms. The summed E-state index contributed by atoms with van der Waals surface area (Å²) in [4.78, 5) is 5.02. The van der Waals surface area contributed by atoms with Gasteiger partial charge in [0.25, 0.3) is 0 Å². The second-order valence-electron chi connectivity index (χ2n) is 4.72. The second kappa shape index (κ2) is 7.54. The first-order chi connectivity index (χ1) is 7.69. The lowest BCUT2D eigenvalue weighted by molar-refractivity contribution is 0.0629. The van der Waals surface area contributed by atoms with Crippen molar-refractivity contribution in [1.29, 1.82) is 0 Å². The summed E-state index contributed by atoms with van der Waals surface area (Å²) in [7, 11) is 2.21. The van der Waals surface area contributed by atoms with Gasteiger partial charge >= 0.3 is 0 Å². The van der Waals surface area contributed by atoms with E-state index in [0.29, 0.717) is 12.1 Å². The molecule has 0 saturated carbocycles. The van der Waals surface area contributed by atoms with E-state index in [1.807, 2.05) is 11.8 Å². The van der Waals surface area contributed by atoms with Gasteiger partial charge in [0.05, 0.1) is 0 Å². The summed E-state index contributed by atoms with van der Waals surface area (Å²) in [6.45, 7) is 8.89. The van der Waals surface area contributed by atoms with Crippen LogP contribution in [0.4, 0.5) is 0 Å². The van der Waals surface area contributed by atoms with Crippen LogP contribution in [0, 0.1) is 0 Å². The number of likely N-dealkylation sites (N-methyl/N-ethyl adjacent to an activating group) is 1. The van der Waals surface area contributed by atoms with Gasteiger partial charge in [0.2, 0.25) is 0 Å². The number of piperazine rings is 1. The minimum atomic E-state index is 0.586. The molecule has 2 unspecified atom stereocenters. The highest BCUT2D eigenvalue weighted by Crippen LogP contribution is 2.15. The third-order valence-corrected chi connectivity index (χ3v) is 4.36. The number of hydrogen-bond donors (Lipinski definition) is 1. The molecule has 1 aliphatic rings. The summed E-state index contributed by atoms with van der Waals surface area (Å²) in [5, 5.41) is 0. The van der Waals surface area contributed by atoms with Gasteiger partial charge in [-0.2, -0.15) is 11.8 Å². The van der Waals surface area contributed by atoms with Crippen LogP contribution >= 0.6 is 11.8 Å². The number of nitrogens with zero attached hydrogens (tertiary/aromatic N) is 2. The van der Waals surface area contributed by atoms with Gasteiger partial charge in [-0.25, -0.2) is 0 Å². The van der Waals surface area contributed by atoms with Crippen molar-refractivity contribution in [2.45, 2.75) is 32.4 Å². The molecule has 1 fully saturated rings. The van der Waals surface area contributed by atoms with E-state index in [1.165, 1.54) is 37.6 Å². The zero-order valence-electron chi connectivity index (χ0n) is 11.0. The molecule has 0 bridgehead atoms. The minimum absolute atomic E-state index is 0.586. The van der Waals surface area contributed by atoms with Crippen LogP contribution < -0.4 is 5.73 Å². The van der Waals surface area contributed by atoms with Crippen molar-refractivity contribution < 1.29 is 0 Å². The van der Waals surface area contributed by atoms with Crippen molar-refractivity contribution in [2.24, 2.45) is 5.73 Å². The highest BCUT2D eigenvalue weighted by atomic mass is 32.2. The van der Waals surface area contributed by atoms with Crippen LogP contribution in [0.1, 0.15) is 20.3 Å². The van der Waals surface area contributed by atoms with Crippen LogP contribution in [0.5, 0.6) is 0 Å². The quantitative estimate of drug-likeness (QED) is 0.710. The molecule has 2 atom stereocenters. The van der Waals surface area contributed by atoms with Crippen molar-refractivity contribution in [3.63, 3.8) is 0 Å². The Bertz CT molecular complexity index is 189. The molecule has 1 aliphatic heterocycles. The van der Waals surface area contributed by atoms with E-state index in [9.17, 15) is 0 Å². The largest absolute Gasteiger partial charge is 0.329 e. The molecule has 1 rings (SSSR count). The van der Waals surface area contributed by atoms with Gasteiger partial charge in [-0.15, -0.1) is 0 Å². The summed E-state index contributed by atoms with van der Waals surface area (Å²) < 4.78 is 0. The van der Waals surface area contributed by atoms with E-state index in [1.54, 1.807) is 0 Å². The van der Waals surface area contributed by atoms with Crippen LogP contribution in [0.15, 0.2) is 0 Å². The molecular weight excluding hydrogens is 218 g/mol. The first-order valence-corrected chi connectivity index (χ1v) is 7.56. The van der Waals surface area contributed by atoms with Gasteiger partial charge in [0, 0.05) is 38.3 Å². The molecule has 0 amide bonds. The smallest absolute Gasteiger partial charge is 0.0230 e. The SMILES string of the molecule is CCSCCC(CN)N1CCN(C)CC1C. The Kier molecular flexibility index (Phi) is 6.73. The standard InChI is InChI=1S/C12H27N3S/c1-4-16-8-5-12(9-13)15-7-6-14(3)10-11(15)2/h11-12H,4-10,13H2,1-3H3.